The van der Waals surface area contributed by atoms with E-state index in [9.17, 15) is 9.59 Å². The summed E-state index contributed by atoms with van der Waals surface area (Å²) in [5.41, 5.74) is 2.61. The zero-order valence-electron chi connectivity index (χ0n) is 20.0. The van der Waals surface area contributed by atoms with Gasteiger partial charge in [-0.3, -0.25) is 4.79 Å². The third-order valence-corrected chi connectivity index (χ3v) is 5.72. The molecular weight excluding hydrogens is 466 g/mol. The number of methoxy groups -OCH3 is 1. The van der Waals surface area contributed by atoms with Crippen LogP contribution in [-0.4, -0.2) is 19.0 Å². The predicted molar refractivity (Wildman–Crippen MR) is 143 cm³/mol. The van der Waals surface area contributed by atoms with Gasteiger partial charge in [-0.05, 0) is 48.5 Å². The average molecular weight is 490 g/mol. The van der Waals surface area contributed by atoms with Gasteiger partial charge in [-0.15, -0.1) is 0 Å². The van der Waals surface area contributed by atoms with Crippen LogP contribution in [0.2, 0.25) is 0 Å². The molecule has 5 rings (SSSR count). The lowest BCUT2D eigenvalue weighted by Crippen LogP contribution is -2.29. The standard InChI is InChI=1S/C31H23NO5/c1-35-27-17-9-8-11-22(27)12-10-18-28-30(33)26-20-19-25(21-29(26)37-28)36-31(34)32(23-13-4-2-5-14-23)24-15-6-3-7-16-24/h2-21H,1H3/b12-10+,28-18-. The number of nitrogens with zero attached hydrogens (tertiary/aromatic N) is 1. The first-order chi connectivity index (χ1) is 18.1. The van der Waals surface area contributed by atoms with E-state index in [1.165, 1.54) is 4.90 Å². The van der Waals surface area contributed by atoms with E-state index in [1.807, 2.05) is 91.0 Å². The fourth-order valence-electron chi connectivity index (χ4n) is 3.95. The van der Waals surface area contributed by atoms with Crippen molar-refractivity contribution >= 4 is 29.3 Å². The fourth-order valence-corrected chi connectivity index (χ4v) is 3.95. The van der Waals surface area contributed by atoms with Crippen LogP contribution >= 0.6 is 0 Å². The summed E-state index contributed by atoms with van der Waals surface area (Å²) in [6, 6.07) is 30.8. The van der Waals surface area contributed by atoms with Gasteiger partial charge in [-0.1, -0.05) is 66.7 Å². The zero-order valence-corrected chi connectivity index (χ0v) is 20.0. The molecule has 0 aromatic heterocycles. The molecule has 0 fully saturated rings. The van der Waals surface area contributed by atoms with E-state index in [4.69, 9.17) is 14.2 Å². The molecule has 4 aromatic rings. The Labute approximate surface area is 214 Å². The molecule has 0 radical (unpaired) electrons. The first kappa shape index (κ1) is 23.6. The summed E-state index contributed by atoms with van der Waals surface area (Å²) in [7, 11) is 1.61. The van der Waals surface area contributed by atoms with Gasteiger partial charge in [-0.25, -0.2) is 9.69 Å². The minimum atomic E-state index is -0.586. The van der Waals surface area contributed by atoms with Gasteiger partial charge < -0.3 is 14.2 Å². The second-order valence-corrected chi connectivity index (χ2v) is 8.10. The van der Waals surface area contributed by atoms with Crippen LogP contribution < -0.4 is 19.1 Å². The molecule has 37 heavy (non-hydrogen) atoms. The number of carbonyl (C=O) groups excluding carboxylic acids is 2. The van der Waals surface area contributed by atoms with Gasteiger partial charge >= 0.3 is 6.09 Å². The molecule has 0 saturated carbocycles. The van der Waals surface area contributed by atoms with Crippen LogP contribution in [0.4, 0.5) is 16.2 Å². The lowest BCUT2D eigenvalue weighted by molar-refractivity contribution is 0.101. The van der Waals surface area contributed by atoms with Crippen molar-refractivity contribution in [1.29, 1.82) is 0 Å². The topological polar surface area (TPSA) is 65.1 Å². The molecule has 6 heteroatoms. The molecule has 0 aliphatic carbocycles. The molecule has 182 valence electrons. The third kappa shape index (κ3) is 5.13. The first-order valence-corrected chi connectivity index (χ1v) is 11.6. The number of ether oxygens (including phenoxy) is 3. The van der Waals surface area contributed by atoms with Crippen LogP contribution in [0.5, 0.6) is 17.2 Å². The molecule has 0 bridgehead atoms. The smallest absolute Gasteiger partial charge is 0.424 e. The molecule has 0 saturated heterocycles. The van der Waals surface area contributed by atoms with E-state index in [0.29, 0.717) is 22.7 Å². The molecule has 0 unspecified atom stereocenters. The van der Waals surface area contributed by atoms with E-state index in [0.717, 1.165) is 11.3 Å². The highest BCUT2D eigenvalue weighted by molar-refractivity contribution is 6.12. The second kappa shape index (κ2) is 10.7. The lowest BCUT2D eigenvalue weighted by Gasteiger charge is -2.22. The van der Waals surface area contributed by atoms with Crippen molar-refractivity contribution in [3.8, 4) is 17.2 Å². The monoisotopic (exact) mass is 489 g/mol. The lowest BCUT2D eigenvalue weighted by atomic mass is 10.1. The SMILES string of the molecule is COc1ccccc1/C=C/C=C1\Oc2cc(OC(=O)N(c3ccccc3)c3ccccc3)ccc2C1=O. The number of benzene rings is 4. The van der Waals surface area contributed by atoms with Gasteiger partial charge in [0.05, 0.1) is 24.0 Å². The van der Waals surface area contributed by atoms with Crippen molar-refractivity contribution < 1.29 is 23.8 Å². The number of anilines is 2. The Bertz CT molecular complexity index is 1450. The first-order valence-electron chi connectivity index (χ1n) is 11.6. The number of ketones is 1. The van der Waals surface area contributed by atoms with Gasteiger partial charge in [0, 0.05) is 11.6 Å². The van der Waals surface area contributed by atoms with Crippen LogP contribution in [0, 0.1) is 0 Å². The summed E-state index contributed by atoms with van der Waals surface area (Å²) in [5.74, 6) is 1.26. The van der Waals surface area contributed by atoms with Gasteiger partial charge in [0.2, 0.25) is 5.78 Å². The van der Waals surface area contributed by atoms with E-state index in [1.54, 1.807) is 37.5 Å². The molecule has 4 aromatic carbocycles. The number of amides is 1. The van der Waals surface area contributed by atoms with Crippen molar-refractivity contribution in [1.82, 2.24) is 0 Å². The summed E-state index contributed by atoms with van der Waals surface area (Å²) < 4.78 is 16.8. The number of carbonyl (C=O) groups is 2. The maximum atomic E-state index is 13.2. The molecule has 1 heterocycles. The number of Topliss-reactive ketones (excluding diaryl/α,β-unsaturated/α-hetero) is 1. The van der Waals surface area contributed by atoms with Crippen molar-refractivity contribution in [2.45, 2.75) is 0 Å². The van der Waals surface area contributed by atoms with Crippen LogP contribution in [0.25, 0.3) is 6.08 Å². The Morgan fingerprint density at radius 1 is 0.838 bits per heavy atom. The summed E-state index contributed by atoms with van der Waals surface area (Å²) in [4.78, 5) is 27.5. The van der Waals surface area contributed by atoms with Gasteiger partial charge in [0.25, 0.3) is 0 Å². The summed E-state index contributed by atoms with van der Waals surface area (Å²) in [6.45, 7) is 0. The second-order valence-electron chi connectivity index (χ2n) is 8.10. The van der Waals surface area contributed by atoms with Crippen LogP contribution in [-0.2, 0) is 0 Å². The molecule has 1 aliphatic rings. The van der Waals surface area contributed by atoms with Crippen molar-refractivity contribution in [3.63, 3.8) is 0 Å². The Balaban J connectivity index is 1.35. The largest absolute Gasteiger partial charge is 0.496 e. The number of rotatable bonds is 6. The fraction of sp³-hybridized carbons (Fsp3) is 0.0323. The van der Waals surface area contributed by atoms with Gasteiger partial charge in [0.15, 0.2) is 5.76 Å². The normalized spacial score (nSPS) is 13.3. The minimum Gasteiger partial charge on any atom is -0.496 e. The number of hydrogen-bond acceptors (Lipinski definition) is 5. The van der Waals surface area contributed by atoms with E-state index >= 15 is 0 Å². The van der Waals surface area contributed by atoms with Crippen LogP contribution in [0.1, 0.15) is 15.9 Å². The molecule has 6 nitrogen and oxygen atoms in total. The number of allylic oxidation sites excluding steroid dienone is 3. The molecular formula is C31H23NO5. The van der Waals surface area contributed by atoms with Crippen LogP contribution in [0.3, 0.4) is 0 Å². The van der Waals surface area contributed by atoms with E-state index in [-0.39, 0.29) is 17.3 Å². The Kier molecular flexibility index (Phi) is 6.81. The predicted octanol–water partition coefficient (Wildman–Crippen LogP) is 7.20. The van der Waals surface area contributed by atoms with Gasteiger partial charge in [-0.2, -0.15) is 0 Å². The van der Waals surface area contributed by atoms with Crippen LogP contribution in [0.15, 0.2) is 121 Å². The number of hydrogen-bond donors (Lipinski definition) is 0. The van der Waals surface area contributed by atoms with Crippen molar-refractivity contribution in [2.75, 3.05) is 12.0 Å². The highest BCUT2D eigenvalue weighted by atomic mass is 16.6. The maximum absolute atomic E-state index is 13.2. The molecule has 1 aliphatic heterocycles. The number of fused-ring (bicyclic) bond motifs is 1. The van der Waals surface area contributed by atoms with Crippen molar-refractivity contribution in [2.24, 2.45) is 0 Å². The van der Waals surface area contributed by atoms with E-state index < -0.39 is 6.09 Å². The van der Waals surface area contributed by atoms with Gasteiger partial charge in [0.1, 0.15) is 17.2 Å². The Hall–Kier alpha value is -5.10. The van der Waals surface area contributed by atoms with E-state index in [2.05, 4.69) is 0 Å². The summed E-state index contributed by atoms with van der Waals surface area (Å²) in [5, 5.41) is 0. The highest BCUT2D eigenvalue weighted by Crippen LogP contribution is 2.35. The maximum Gasteiger partial charge on any atom is 0.424 e. The molecule has 0 N–H and O–H groups in total. The molecule has 0 atom stereocenters. The molecule has 1 amide bonds. The Morgan fingerprint density at radius 3 is 2.16 bits per heavy atom. The molecule has 0 spiro atoms. The number of para-hydroxylation sites is 3. The highest BCUT2D eigenvalue weighted by Gasteiger charge is 2.28. The third-order valence-electron chi connectivity index (χ3n) is 5.72. The Morgan fingerprint density at radius 2 is 1.49 bits per heavy atom. The average Bonchev–Trinajstić information content (AvgIpc) is 3.24. The summed E-state index contributed by atoms with van der Waals surface area (Å²) in [6.07, 6.45) is 4.58. The summed E-state index contributed by atoms with van der Waals surface area (Å²) >= 11 is 0. The zero-order chi connectivity index (χ0) is 25.6. The van der Waals surface area contributed by atoms with Crippen molar-refractivity contribution in [3.05, 3.63) is 132 Å². The quantitative estimate of drug-likeness (QED) is 0.268. The minimum absolute atomic E-state index is 0.180.